The largest absolute Gasteiger partial charge is 0.490 e. The molecule has 0 saturated carbocycles. The second-order valence-electron chi connectivity index (χ2n) is 3.34. The third-order valence-electron chi connectivity index (χ3n) is 2.00. The van der Waals surface area contributed by atoms with Gasteiger partial charge in [0.15, 0.2) is 5.75 Å². The van der Waals surface area contributed by atoms with Gasteiger partial charge in [0.05, 0.1) is 19.0 Å². The van der Waals surface area contributed by atoms with Crippen molar-refractivity contribution in [1.29, 1.82) is 0 Å². The summed E-state index contributed by atoms with van der Waals surface area (Å²) in [5.41, 5.74) is 0. The number of hydrogen-bond acceptors (Lipinski definition) is 2. The molecule has 1 aromatic rings. The molecule has 0 aliphatic rings. The number of nitrogens with zero attached hydrogens (tertiary/aromatic N) is 2. The van der Waals surface area contributed by atoms with Gasteiger partial charge in [-0.2, -0.15) is 5.10 Å². The average Bonchev–Trinajstić information content (AvgIpc) is 2.58. The highest BCUT2D eigenvalue weighted by Gasteiger charge is 1.95. The van der Waals surface area contributed by atoms with Crippen LogP contribution in [0.2, 0.25) is 0 Å². The van der Waals surface area contributed by atoms with Crippen molar-refractivity contribution < 1.29 is 4.74 Å². The first-order valence-electron chi connectivity index (χ1n) is 5.05. The molecule has 78 valence electrons. The Morgan fingerprint density at radius 1 is 1.50 bits per heavy atom. The van der Waals surface area contributed by atoms with E-state index in [-0.39, 0.29) is 0 Å². The van der Waals surface area contributed by atoms with E-state index < -0.39 is 0 Å². The second-order valence-corrected chi connectivity index (χ2v) is 3.34. The zero-order valence-electron chi connectivity index (χ0n) is 8.78. The first-order chi connectivity index (χ1) is 6.83. The summed E-state index contributed by atoms with van der Waals surface area (Å²) in [5.74, 6) is 0.858. The van der Waals surface area contributed by atoms with Gasteiger partial charge in [0.1, 0.15) is 0 Å². The van der Waals surface area contributed by atoms with Crippen molar-refractivity contribution in [2.45, 2.75) is 25.7 Å². The third-order valence-corrected chi connectivity index (χ3v) is 2.00. The van der Waals surface area contributed by atoms with Gasteiger partial charge in [-0.1, -0.05) is 6.08 Å². The molecule has 3 nitrogen and oxygen atoms in total. The van der Waals surface area contributed by atoms with Gasteiger partial charge in [0, 0.05) is 7.05 Å². The molecule has 0 bridgehead atoms. The Hall–Kier alpha value is -1.25. The van der Waals surface area contributed by atoms with Crippen LogP contribution in [-0.4, -0.2) is 16.4 Å². The van der Waals surface area contributed by atoms with E-state index in [0.717, 1.165) is 25.2 Å². The summed E-state index contributed by atoms with van der Waals surface area (Å²) in [5, 5.41) is 4.02. The molecule has 1 aromatic heterocycles. The van der Waals surface area contributed by atoms with E-state index in [1.165, 1.54) is 12.8 Å². The number of ether oxygens (including phenoxy) is 1. The van der Waals surface area contributed by atoms with Gasteiger partial charge in [-0.25, -0.2) is 0 Å². The van der Waals surface area contributed by atoms with Crippen LogP contribution in [0.4, 0.5) is 0 Å². The smallest absolute Gasteiger partial charge is 0.157 e. The third kappa shape index (κ3) is 4.12. The van der Waals surface area contributed by atoms with Gasteiger partial charge < -0.3 is 4.74 Å². The monoisotopic (exact) mass is 194 g/mol. The molecule has 0 N–H and O–H groups in total. The Morgan fingerprint density at radius 3 is 3.00 bits per heavy atom. The Morgan fingerprint density at radius 2 is 2.36 bits per heavy atom. The average molecular weight is 194 g/mol. The van der Waals surface area contributed by atoms with Crippen LogP contribution in [0.25, 0.3) is 0 Å². The number of allylic oxidation sites excluding steroid dienone is 1. The fourth-order valence-electron chi connectivity index (χ4n) is 1.23. The maximum absolute atomic E-state index is 5.50. The minimum atomic E-state index is 0.781. The lowest BCUT2D eigenvalue weighted by molar-refractivity contribution is 0.305. The molecule has 0 aromatic carbocycles. The van der Waals surface area contributed by atoms with Crippen molar-refractivity contribution in [3.63, 3.8) is 0 Å². The molecule has 0 fully saturated rings. The highest BCUT2D eigenvalue weighted by Crippen LogP contribution is 2.08. The summed E-state index contributed by atoms with van der Waals surface area (Å²) in [6.45, 7) is 4.47. The molecule has 0 amide bonds. The molecule has 0 aliphatic carbocycles. The van der Waals surface area contributed by atoms with Crippen molar-refractivity contribution in [2.75, 3.05) is 6.61 Å². The number of aryl methyl sites for hydroxylation is 1. The quantitative estimate of drug-likeness (QED) is 0.492. The molecule has 0 spiro atoms. The van der Waals surface area contributed by atoms with E-state index in [4.69, 9.17) is 4.74 Å². The van der Waals surface area contributed by atoms with Crippen LogP contribution in [0.5, 0.6) is 5.75 Å². The van der Waals surface area contributed by atoms with Gasteiger partial charge in [0.2, 0.25) is 0 Å². The maximum atomic E-state index is 5.50. The lowest BCUT2D eigenvalue weighted by Crippen LogP contribution is -1.96. The van der Waals surface area contributed by atoms with Crippen molar-refractivity contribution in [2.24, 2.45) is 7.05 Å². The van der Waals surface area contributed by atoms with Gasteiger partial charge in [-0.3, -0.25) is 4.68 Å². The summed E-state index contributed by atoms with van der Waals surface area (Å²) in [4.78, 5) is 0. The van der Waals surface area contributed by atoms with Crippen LogP contribution in [-0.2, 0) is 7.05 Å². The number of unbranched alkanes of at least 4 members (excludes halogenated alkanes) is 3. The van der Waals surface area contributed by atoms with E-state index in [0.29, 0.717) is 0 Å². The Labute approximate surface area is 85.4 Å². The van der Waals surface area contributed by atoms with Crippen molar-refractivity contribution in [1.82, 2.24) is 9.78 Å². The minimum absolute atomic E-state index is 0.781. The predicted molar refractivity (Wildman–Crippen MR) is 57.4 cm³/mol. The van der Waals surface area contributed by atoms with Gasteiger partial charge in [-0.05, 0) is 25.7 Å². The van der Waals surface area contributed by atoms with E-state index in [9.17, 15) is 0 Å². The number of rotatable bonds is 7. The van der Waals surface area contributed by atoms with Gasteiger partial charge >= 0.3 is 0 Å². The Bertz CT molecular complexity index is 268. The Balaban J connectivity index is 2.01. The fourth-order valence-corrected chi connectivity index (χ4v) is 1.23. The molecule has 0 saturated heterocycles. The SMILES string of the molecule is C=CCCCCCOc1cnn(C)c1. The summed E-state index contributed by atoms with van der Waals surface area (Å²) >= 11 is 0. The van der Waals surface area contributed by atoms with E-state index in [1.807, 2.05) is 19.3 Å². The number of aromatic nitrogens is 2. The minimum Gasteiger partial charge on any atom is -0.490 e. The van der Waals surface area contributed by atoms with Crippen LogP contribution < -0.4 is 4.74 Å². The molecule has 0 unspecified atom stereocenters. The van der Waals surface area contributed by atoms with Crippen LogP contribution in [0, 0.1) is 0 Å². The summed E-state index contributed by atoms with van der Waals surface area (Å²) < 4.78 is 7.24. The first-order valence-corrected chi connectivity index (χ1v) is 5.05. The standard InChI is InChI=1S/C11H18N2O/c1-3-4-5-6-7-8-14-11-9-12-13(2)10-11/h3,9-10H,1,4-8H2,2H3. The molecule has 0 atom stereocenters. The molecule has 1 rings (SSSR count). The summed E-state index contributed by atoms with van der Waals surface area (Å²) in [6, 6.07) is 0. The lowest BCUT2D eigenvalue weighted by atomic mass is 10.2. The molecule has 3 heteroatoms. The van der Waals surface area contributed by atoms with Crippen molar-refractivity contribution in [3.05, 3.63) is 25.0 Å². The molecular weight excluding hydrogens is 176 g/mol. The van der Waals surface area contributed by atoms with E-state index in [1.54, 1.807) is 10.9 Å². The van der Waals surface area contributed by atoms with Gasteiger partial charge in [-0.15, -0.1) is 6.58 Å². The summed E-state index contributed by atoms with van der Waals surface area (Å²) in [7, 11) is 1.89. The second kappa shape index (κ2) is 6.24. The highest BCUT2D eigenvalue weighted by molar-refractivity contribution is 5.10. The molecular formula is C11H18N2O. The zero-order valence-corrected chi connectivity index (χ0v) is 8.78. The number of hydrogen-bond donors (Lipinski definition) is 0. The zero-order chi connectivity index (χ0) is 10.2. The lowest BCUT2D eigenvalue weighted by Gasteiger charge is -2.01. The van der Waals surface area contributed by atoms with Crippen LogP contribution >= 0.6 is 0 Å². The molecule has 0 radical (unpaired) electrons. The molecule has 1 heterocycles. The molecule has 14 heavy (non-hydrogen) atoms. The predicted octanol–water partition coefficient (Wildman–Crippen LogP) is 2.55. The van der Waals surface area contributed by atoms with Crippen LogP contribution in [0.1, 0.15) is 25.7 Å². The highest BCUT2D eigenvalue weighted by atomic mass is 16.5. The normalized spacial score (nSPS) is 10.1. The van der Waals surface area contributed by atoms with Crippen LogP contribution in [0.15, 0.2) is 25.0 Å². The maximum Gasteiger partial charge on any atom is 0.157 e. The van der Waals surface area contributed by atoms with E-state index in [2.05, 4.69) is 11.7 Å². The van der Waals surface area contributed by atoms with Gasteiger partial charge in [0.25, 0.3) is 0 Å². The first kappa shape index (κ1) is 10.8. The van der Waals surface area contributed by atoms with Crippen LogP contribution in [0.3, 0.4) is 0 Å². The topological polar surface area (TPSA) is 27.1 Å². The molecule has 0 aliphatic heterocycles. The summed E-state index contributed by atoms with van der Waals surface area (Å²) in [6.07, 6.45) is 10.2. The Kier molecular flexibility index (Phi) is 4.83. The van der Waals surface area contributed by atoms with Crippen molar-refractivity contribution >= 4 is 0 Å². The van der Waals surface area contributed by atoms with E-state index >= 15 is 0 Å². The van der Waals surface area contributed by atoms with Crippen molar-refractivity contribution in [3.8, 4) is 5.75 Å². The fraction of sp³-hybridized carbons (Fsp3) is 0.545.